The second-order valence-corrected chi connectivity index (χ2v) is 4.72. The molecule has 0 heterocycles. The molecule has 5 heteroatoms. The molecule has 0 saturated heterocycles. The van der Waals surface area contributed by atoms with Gasteiger partial charge in [0.2, 0.25) is 0 Å². The molecule has 1 atom stereocenters. The van der Waals surface area contributed by atoms with Gasteiger partial charge in [-0.15, -0.1) is 0 Å². The van der Waals surface area contributed by atoms with Crippen LogP contribution in [-0.2, 0) is 0 Å². The number of anilines is 1. The van der Waals surface area contributed by atoms with Crippen molar-refractivity contribution in [3.63, 3.8) is 0 Å². The number of aliphatic hydroxyl groups is 1. The lowest BCUT2D eigenvalue weighted by atomic mass is 10.1. The highest BCUT2D eigenvalue weighted by Crippen LogP contribution is 2.15. The number of carbonyl (C=O) groups is 1. The third-order valence-corrected chi connectivity index (χ3v) is 3.06. The Kier molecular flexibility index (Phi) is 5.80. The van der Waals surface area contributed by atoms with Crippen molar-refractivity contribution in [2.24, 2.45) is 0 Å². The Hall–Kier alpha value is -2.53. The van der Waals surface area contributed by atoms with Crippen LogP contribution in [0.1, 0.15) is 18.6 Å². The Bertz CT molecular complexity index is 585. The number of ether oxygens (including phenoxy) is 1. The number of hydrogen-bond donors (Lipinski definition) is 3. The molecule has 0 saturated carbocycles. The van der Waals surface area contributed by atoms with Crippen molar-refractivity contribution in [2.75, 3.05) is 18.5 Å². The molecule has 0 bridgehead atoms. The van der Waals surface area contributed by atoms with E-state index in [1.54, 1.807) is 24.3 Å². The minimum atomic E-state index is -0.729. The van der Waals surface area contributed by atoms with E-state index in [1.807, 2.05) is 37.3 Å². The van der Waals surface area contributed by atoms with E-state index >= 15 is 0 Å². The van der Waals surface area contributed by atoms with Gasteiger partial charge in [0.1, 0.15) is 5.75 Å². The average Bonchev–Trinajstić information content (AvgIpc) is 2.55. The van der Waals surface area contributed by atoms with Crippen LogP contribution in [-0.4, -0.2) is 24.3 Å². The van der Waals surface area contributed by atoms with Gasteiger partial charge in [0.15, 0.2) is 0 Å². The maximum Gasteiger partial charge on any atom is 0.319 e. The lowest BCUT2D eigenvalue weighted by Crippen LogP contribution is -2.32. The van der Waals surface area contributed by atoms with Gasteiger partial charge in [0.05, 0.1) is 12.7 Å². The summed E-state index contributed by atoms with van der Waals surface area (Å²) in [5.74, 6) is 0.757. The van der Waals surface area contributed by atoms with E-state index in [2.05, 4.69) is 10.6 Å². The monoisotopic (exact) mass is 300 g/mol. The van der Waals surface area contributed by atoms with Gasteiger partial charge >= 0.3 is 6.03 Å². The number of hydrogen-bond acceptors (Lipinski definition) is 3. The zero-order valence-corrected chi connectivity index (χ0v) is 12.5. The van der Waals surface area contributed by atoms with E-state index in [9.17, 15) is 9.90 Å². The summed E-state index contributed by atoms with van der Waals surface area (Å²) in [6, 6.07) is 15.9. The molecule has 0 aliphatic heterocycles. The SMILES string of the molecule is CCOc1ccc(NC(=O)NCC(O)c2ccccc2)cc1. The molecule has 0 aliphatic rings. The summed E-state index contributed by atoms with van der Waals surface area (Å²) in [5.41, 5.74) is 1.43. The maximum atomic E-state index is 11.8. The molecule has 22 heavy (non-hydrogen) atoms. The minimum Gasteiger partial charge on any atom is -0.494 e. The largest absolute Gasteiger partial charge is 0.494 e. The van der Waals surface area contributed by atoms with Crippen LogP contribution in [0.15, 0.2) is 54.6 Å². The normalized spacial score (nSPS) is 11.5. The summed E-state index contributed by atoms with van der Waals surface area (Å²) in [6.07, 6.45) is -0.729. The molecule has 2 rings (SSSR count). The first-order valence-electron chi connectivity index (χ1n) is 7.19. The van der Waals surface area contributed by atoms with Crippen LogP contribution in [0.2, 0.25) is 0 Å². The molecule has 0 spiro atoms. The van der Waals surface area contributed by atoms with Gasteiger partial charge in [0, 0.05) is 12.2 Å². The number of benzene rings is 2. The highest BCUT2D eigenvalue weighted by molar-refractivity contribution is 5.89. The van der Waals surface area contributed by atoms with Crippen LogP contribution < -0.4 is 15.4 Å². The fourth-order valence-electron chi connectivity index (χ4n) is 1.96. The van der Waals surface area contributed by atoms with Gasteiger partial charge < -0.3 is 20.5 Å². The molecule has 3 N–H and O–H groups in total. The van der Waals surface area contributed by atoms with E-state index in [0.29, 0.717) is 12.3 Å². The van der Waals surface area contributed by atoms with Crippen LogP contribution in [0.3, 0.4) is 0 Å². The number of urea groups is 1. The first-order valence-corrected chi connectivity index (χ1v) is 7.19. The predicted octanol–water partition coefficient (Wildman–Crippen LogP) is 2.94. The van der Waals surface area contributed by atoms with Crippen LogP contribution in [0, 0.1) is 0 Å². The van der Waals surface area contributed by atoms with Gasteiger partial charge in [-0.25, -0.2) is 4.79 Å². The Labute approximate surface area is 129 Å². The number of rotatable bonds is 6. The number of carbonyl (C=O) groups excluding carboxylic acids is 1. The maximum absolute atomic E-state index is 11.8. The summed E-state index contributed by atoms with van der Waals surface area (Å²) in [6.45, 7) is 2.66. The van der Waals surface area contributed by atoms with E-state index < -0.39 is 6.10 Å². The van der Waals surface area contributed by atoms with Crippen molar-refractivity contribution in [1.82, 2.24) is 5.32 Å². The third-order valence-electron chi connectivity index (χ3n) is 3.06. The van der Waals surface area contributed by atoms with E-state index in [4.69, 9.17) is 4.74 Å². The molecule has 116 valence electrons. The van der Waals surface area contributed by atoms with Crippen LogP contribution >= 0.6 is 0 Å². The third kappa shape index (κ3) is 4.79. The lowest BCUT2D eigenvalue weighted by molar-refractivity contribution is 0.175. The molecule has 1 unspecified atom stereocenters. The summed E-state index contributed by atoms with van der Waals surface area (Å²) >= 11 is 0. The highest BCUT2D eigenvalue weighted by Gasteiger charge is 2.09. The lowest BCUT2D eigenvalue weighted by Gasteiger charge is -2.13. The van der Waals surface area contributed by atoms with Crippen LogP contribution in [0.25, 0.3) is 0 Å². The van der Waals surface area contributed by atoms with Crippen LogP contribution in [0.4, 0.5) is 10.5 Å². The summed E-state index contributed by atoms with van der Waals surface area (Å²) in [4.78, 5) is 11.8. The van der Waals surface area contributed by atoms with Crippen molar-refractivity contribution in [3.05, 3.63) is 60.2 Å². The average molecular weight is 300 g/mol. The standard InChI is InChI=1S/C17H20N2O3/c1-2-22-15-10-8-14(9-11-15)19-17(21)18-12-16(20)13-6-4-3-5-7-13/h3-11,16,20H,2,12H2,1H3,(H2,18,19,21). The second kappa shape index (κ2) is 8.05. The zero-order chi connectivity index (χ0) is 15.8. The molecule has 0 aliphatic carbocycles. The first kappa shape index (κ1) is 15.9. The Morgan fingerprint density at radius 2 is 1.82 bits per heavy atom. The Balaban J connectivity index is 1.80. The van der Waals surface area contributed by atoms with Crippen molar-refractivity contribution in [3.8, 4) is 5.75 Å². The fourth-order valence-corrected chi connectivity index (χ4v) is 1.96. The quantitative estimate of drug-likeness (QED) is 0.768. The summed E-state index contributed by atoms with van der Waals surface area (Å²) < 4.78 is 5.33. The Morgan fingerprint density at radius 3 is 2.45 bits per heavy atom. The van der Waals surface area contributed by atoms with E-state index in [0.717, 1.165) is 11.3 Å². The fraction of sp³-hybridized carbons (Fsp3) is 0.235. The predicted molar refractivity (Wildman–Crippen MR) is 86.0 cm³/mol. The molecule has 0 radical (unpaired) electrons. The molecular weight excluding hydrogens is 280 g/mol. The molecular formula is C17H20N2O3. The van der Waals surface area contributed by atoms with Crippen LogP contribution in [0.5, 0.6) is 5.75 Å². The minimum absolute atomic E-state index is 0.146. The number of aliphatic hydroxyl groups excluding tert-OH is 1. The molecule has 0 fully saturated rings. The molecule has 0 aromatic heterocycles. The molecule has 2 aromatic rings. The number of nitrogens with one attached hydrogen (secondary N) is 2. The first-order chi connectivity index (χ1) is 10.7. The summed E-state index contributed by atoms with van der Waals surface area (Å²) in [5, 5.41) is 15.3. The van der Waals surface area contributed by atoms with Gasteiger partial charge in [0.25, 0.3) is 0 Å². The number of amides is 2. The smallest absolute Gasteiger partial charge is 0.319 e. The zero-order valence-electron chi connectivity index (χ0n) is 12.5. The molecule has 2 amide bonds. The van der Waals surface area contributed by atoms with Crippen molar-refractivity contribution in [2.45, 2.75) is 13.0 Å². The highest BCUT2D eigenvalue weighted by atomic mass is 16.5. The van der Waals surface area contributed by atoms with E-state index in [-0.39, 0.29) is 12.6 Å². The van der Waals surface area contributed by atoms with Gasteiger partial charge in [-0.1, -0.05) is 30.3 Å². The van der Waals surface area contributed by atoms with Gasteiger partial charge in [-0.2, -0.15) is 0 Å². The van der Waals surface area contributed by atoms with Crippen molar-refractivity contribution in [1.29, 1.82) is 0 Å². The van der Waals surface area contributed by atoms with Crippen molar-refractivity contribution < 1.29 is 14.6 Å². The van der Waals surface area contributed by atoms with E-state index in [1.165, 1.54) is 0 Å². The van der Waals surface area contributed by atoms with Crippen molar-refractivity contribution >= 4 is 11.7 Å². The Morgan fingerprint density at radius 1 is 1.14 bits per heavy atom. The summed E-state index contributed by atoms with van der Waals surface area (Å²) in [7, 11) is 0. The topological polar surface area (TPSA) is 70.6 Å². The van der Waals surface area contributed by atoms with Gasteiger partial charge in [-0.05, 0) is 36.8 Å². The molecule has 2 aromatic carbocycles. The van der Waals surface area contributed by atoms with Gasteiger partial charge in [-0.3, -0.25) is 0 Å². The second-order valence-electron chi connectivity index (χ2n) is 4.72. The molecule has 5 nitrogen and oxygen atoms in total.